The molecule has 0 bridgehead atoms. The Morgan fingerprint density at radius 2 is 1.68 bits per heavy atom. The van der Waals surface area contributed by atoms with Crippen molar-refractivity contribution >= 4 is 34.6 Å². The number of aryl methyl sites for hydroxylation is 1. The Labute approximate surface area is 205 Å². The number of aromatic nitrogens is 1. The number of nitrogens with zero attached hydrogens (tertiary/aromatic N) is 3. The van der Waals surface area contributed by atoms with Gasteiger partial charge in [0, 0.05) is 23.6 Å². The highest BCUT2D eigenvalue weighted by Gasteiger charge is 2.32. The maximum atomic E-state index is 13.2. The Balaban J connectivity index is 1.67. The van der Waals surface area contributed by atoms with Crippen LogP contribution in [0.1, 0.15) is 50.2 Å². The van der Waals surface area contributed by atoms with Crippen molar-refractivity contribution in [2.24, 2.45) is 4.99 Å². The summed E-state index contributed by atoms with van der Waals surface area (Å²) in [6.45, 7) is 13.2. The topological polar surface area (TPSA) is 37.6 Å². The van der Waals surface area contributed by atoms with Crippen molar-refractivity contribution in [3.05, 3.63) is 87.8 Å². The highest BCUT2D eigenvalue weighted by Crippen LogP contribution is 2.35. The highest BCUT2D eigenvalue weighted by atomic mass is 32.2. The minimum Gasteiger partial charge on any atom is -0.318 e. The molecule has 1 aromatic heterocycles. The number of likely N-dealkylation sites (N-methyl/N-ethyl adjacent to an activating group) is 1. The Morgan fingerprint density at radius 3 is 2.26 bits per heavy atom. The number of thioether (sulfide) groups is 1. The van der Waals surface area contributed by atoms with Crippen LogP contribution in [-0.4, -0.2) is 27.1 Å². The fourth-order valence-corrected chi connectivity index (χ4v) is 5.13. The van der Waals surface area contributed by atoms with Gasteiger partial charge in [-0.1, -0.05) is 32.9 Å². The molecule has 0 atom stereocenters. The summed E-state index contributed by atoms with van der Waals surface area (Å²) in [5.74, 6) is -0.372. The third-order valence-corrected chi connectivity index (χ3v) is 7.01. The summed E-state index contributed by atoms with van der Waals surface area (Å²) >= 11 is 1.35. The van der Waals surface area contributed by atoms with Crippen LogP contribution in [0, 0.1) is 19.7 Å². The third kappa shape index (κ3) is 4.73. The van der Waals surface area contributed by atoms with Gasteiger partial charge in [-0.3, -0.25) is 9.69 Å². The molecular weight excluding hydrogens is 445 g/mol. The van der Waals surface area contributed by atoms with E-state index in [0.717, 1.165) is 22.6 Å². The zero-order chi connectivity index (χ0) is 24.6. The molecule has 1 fully saturated rings. The van der Waals surface area contributed by atoms with E-state index in [9.17, 15) is 9.18 Å². The molecule has 1 saturated heterocycles. The molecule has 2 heterocycles. The second kappa shape index (κ2) is 9.26. The second-order valence-corrected chi connectivity index (χ2v) is 10.5. The van der Waals surface area contributed by atoms with Crippen molar-refractivity contribution in [3.63, 3.8) is 0 Å². The lowest BCUT2D eigenvalue weighted by molar-refractivity contribution is -0.122. The van der Waals surface area contributed by atoms with Gasteiger partial charge in [0.05, 0.1) is 10.6 Å². The SMILES string of the molecule is CCN1C(=O)/C(=C/c2cc(C)n(-c3ccc(C(C)(C)C)cc3)c2C)SC1=Nc1ccc(F)cc1. The smallest absolute Gasteiger partial charge is 0.266 e. The monoisotopic (exact) mass is 475 g/mol. The minimum absolute atomic E-state index is 0.0623. The molecule has 0 saturated carbocycles. The van der Waals surface area contributed by atoms with Crippen LogP contribution in [0.25, 0.3) is 11.8 Å². The summed E-state index contributed by atoms with van der Waals surface area (Å²) in [4.78, 5) is 20.0. The first-order chi connectivity index (χ1) is 16.1. The van der Waals surface area contributed by atoms with Crippen LogP contribution in [0.5, 0.6) is 0 Å². The number of amidine groups is 1. The van der Waals surface area contributed by atoms with E-state index in [1.54, 1.807) is 17.0 Å². The van der Waals surface area contributed by atoms with Gasteiger partial charge < -0.3 is 4.57 Å². The van der Waals surface area contributed by atoms with Crippen LogP contribution in [-0.2, 0) is 10.2 Å². The number of hydrogen-bond acceptors (Lipinski definition) is 3. The lowest BCUT2D eigenvalue weighted by atomic mass is 9.87. The van der Waals surface area contributed by atoms with Crippen LogP contribution < -0.4 is 0 Å². The summed E-state index contributed by atoms with van der Waals surface area (Å²) in [5, 5.41) is 0.608. The zero-order valence-electron chi connectivity index (χ0n) is 20.5. The van der Waals surface area contributed by atoms with Crippen molar-refractivity contribution in [2.45, 2.75) is 47.0 Å². The molecule has 34 heavy (non-hydrogen) atoms. The first kappa shape index (κ1) is 24.0. The average molecular weight is 476 g/mol. The summed E-state index contributed by atoms with van der Waals surface area (Å²) in [6, 6.07) is 16.7. The number of amides is 1. The van der Waals surface area contributed by atoms with E-state index in [1.807, 2.05) is 13.0 Å². The minimum atomic E-state index is -0.310. The standard InChI is InChI=1S/C28H30FN3OS/c1-7-31-26(33)25(34-27(31)30-23-12-10-22(29)11-13-23)17-20-16-18(2)32(19(20)3)24-14-8-21(9-15-24)28(4,5)6/h8-17H,7H2,1-6H3/b25-17-,30-27?. The van der Waals surface area contributed by atoms with E-state index in [0.29, 0.717) is 22.3 Å². The van der Waals surface area contributed by atoms with Gasteiger partial charge >= 0.3 is 0 Å². The molecule has 4 nitrogen and oxygen atoms in total. The molecule has 0 radical (unpaired) electrons. The molecule has 3 aromatic rings. The van der Waals surface area contributed by atoms with Crippen molar-refractivity contribution in [1.82, 2.24) is 9.47 Å². The van der Waals surface area contributed by atoms with Gasteiger partial charge in [0.15, 0.2) is 5.17 Å². The van der Waals surface area contributed by atoms with E-state index in [4.69, 9.17) is 0 Å². The molecule has 176 valence electrons. The summed E-state index contributed by atoms with van der Waals surface area (Å²) < 4.78 is 15.5. The predicted octanol–water partition coefficient (Wildman–Crippen LogP) is 7.15. The maximum absolute atomic E-state index is 13.2. The van der Waals surface area contributed by atoms with Crippen LogP contribution >= 0.6 is 11.8 Å². The van der Waals surface area contributed by atoms with Crippen molar-refractivity contribution < 1.29 is 9.18 Å². The highest BCUT2D eigenvalue weighted by molar-refractivity contribution is 8.18. The van der Waals surface area contributed by atoms with Gasteiger partial charge in [-0.25, -0.2) is 9.38 Å². The Bertz CT molecular complexity index is 1280. The largest absolute Gasteiger partial charge is 0.318 e. The molecule has 4 rings (SSSR count). The first-order valence-corrected chi connectivity index (χ1v) is 12.3. The van der Waals surface area contributed by atoms with E-state index < -0.39 is 0 Å². The molecule has 0 spiro atoms. The Morgan fingerprint density at radius 1 is 1.03 bits per heavy atom. The summed E-state index contributed by atoms with van der Waals surface area (Å²) in [6.07, 6.45) is 1.95. The van der Waals surface area contributed by atoms with E-state index in [-0.39, 0.29) is 17.1 Å². The number of benzene rings is 2. The number of hydrogen-bond donors (Lipinski definition) is 0. The van der Waals surface area contributed by atoms with Crippen LogP contribution in [0.15, 0.2) is 64.5 Å². The normalized spacial score (nSPS) is 16.8. The summed E-state index contributed by atoms with van der Waals surface area (Å²) in [7, 11) is 0. The lowest BCUT2D eigenvalue weighted by Crippen LogP contribution is -2.28. The summed E-state index contributed by atoms with van der Waals surface area (Å²) in [5.41, 5.74) is 6.31. The Kier molecular flexibility index (Phi) is 6.54. The van der Waals surface area contributed by atoms with Crippen LogP contribution in [0.3, 0.4) is 0 Å². The van der Waals surface area contributed by atoms with Gasteiger partial charge in [0.25, 0.3) is 5.91 Å². The van der Waals surface area contributed by atoms with Crippen molar-refractivity contribution in [3.8, 4) is 5.69 Å². The van der Waals surface area contributed by atoms with Crippen LogP contribution in [0.2, 0.25) is 0 Å². The lowest BCUT2D eigenvalue weighted by Gasteiger charge is -2.20. The number of rotatable bonds is 4. The van der Waals surface area contributed by atoms with E-state index in [2.05, 4.69) is 74.5 Å². The molecule has 1 amide bonds. The first-order valence-electron chi connectivity index (χ1n) is 11.4. The number of carbonyl (C=O) groups excluding carboxylic acids is 1. The third-order valence-electron chi connectivity index (χ3n) is 6.00. The molecule has 1 aliphatic heterocycles. The van der Waals surface area contributed by atoms with Gasteiger partial charge in [-0.15, -0.1) is 0 Å². The molecule has 0 N–H and O–H groups in total. The second-order valence-electron chi connectivity index (χ2n) is 9.49. The van der Waals surface area contributed by atoms with Crippen molar-refractivity contribution in [1.29, 1.82) is 0 Å². The molecular formula is C28H30FN3OS. The molecule has 1 aliphatic rings. The van der Waals surface area contributed by atoms with E-state index in [1.165, 1.54) is 29.5 Å². The van der Waals surface area contributed by atoms with E-state index >= 15 is 0 Å². The van der Waals surface area contributed by atoms with Crippen LogP contribution in [0.4, 0.5) is 10.1 Å². The molecule has 0 unspecified atom stereocenters. The fourth-order valence-electron chi connectivity index (χ4n) is 4.08. The quantitative estimate of drug-likeness (QED) is 0.376. The van der Waals surface area contributed by atoms with Gasteiger partial charge in [-0.2, -0.15) is 0 Å². The molecule has 6 heteroatoms. The number of carbonyl (C=O) groups is 1. The predicted molar refractivity (Wildman–Crippen MR) is 140 cm³/mol. The zero-order valence-corrected chi connectivity index (χ0v) is 21.3. The molecule has 2 aromatic carbocycles. The number of aliphatic imine (C=N–C) groups is 1. The molecule has 0 aliphatic carbocycles. The fraction of sp³-hybridized carbons (Fsp3) is 0.286. The average Bonchev–Trinajstić information content (AvgIpc) is 3.23. The van der Waals surface area contributed by atoms with Gasteiger partial charge in [-0.05, 0) is 97.6 Å². The van der Waals surface area contributed by atoms with Gasteiger partial charge in [0.1, 0.15) is 5.82 Å². The van der Waals surface area contributed by atoms with Gasteiger partial charge in [0.2, 0.25) is 0 Å². The Hall–Kier alpha value is -3.12. The van der Waals surface area contributed by atoms with Crippen molar-refractivity contribution in [2.75, 3.05) is 6.54 Å². The maximum Gasteiger partial charge on any atom is 0.266 e. The number of halogens is 1.